The van der Waals surface area contributed by atoms with E-state index in [0.29, 0.717) is 16.7 Å². The zero-order valence-electron chi connectivity index (χ0n) is 11.1. The van der Waals surface area contributed by atoms with E-state index in [-0.39, 0.29) is 5.56 Å². The summed E-state index contributed by atoms with van der Waals surface area (Å²) in [5.41, 5.74) is 7.33. The van der Waals surface area contributed by atoms with E-state index in [1.54, 1.807) is 12.1 Å². The van der Waals surface area contributed by atoms with Crippen LogP contribution in [0.5, 0.6) is 0 Å². The van der Waals surface area contributed by atoms with Crippen LogP contribution >= 0.6 is 23.4 Å². The van der Waals surface area contributed by atoms with Crippen molar-refractivity contribution in [2.24, 2.45) is 5.73 Å². The molecule has 0 amide bonds. The van der Waals surface area contributed by atoms with Crippen LogP contribution < -0.4 is 11.3 Å². The van der Waals surface area contributed by atoms with Crippen LogP contribution in [-0.2, 0) is 13.0 Å². The van der Waals surface area contributed by atoms with E-state index in [1.807, 2.05) is 12.1 Å². The highest BCUT2D eigenvalue weighted by Gasteiger charge is 2.07. The van der Waals surface area contributed by atoms with Gasteiger partial charge in [0.2, 0.25) is 0 Å². The van der Waals surface area contributed by atoms with Crippen LogP contribution in [0, 0.1) is 0 Å². The number of hydrogen-bond acceptors (Lipinski definition) is 4. The van der Waals surface area contributed by atoms with Crippen LogP contribution in [0.15, 0.2) is 39.1 Å². The minimum atomic E-state index is -0.130. The highest BCUT2D eigenvalue weighted by Crippen LogP contribution is 2.29. The molecule has 106 valence electrons. The fourth-order valence-electron chi connectivity index (χ4n) is 1.83. The maximum absolute atomic E-state index is 11.6. The molecule has 3 N–H and O–H groups in total. The molecule has 0 saturated carbocycles. The van der Waals surface area contributed by atoms with Gasteiger partial charge >= 0.3 is 0 Å². The number of aromatic nitrogens is 2. The molecule has 0 atom stereocenters. The van der Waals surface area contributed by atoms with Crippen molar-refractivity contribution in [1.29, 1.82) is 0 Å². The topological polar surface area (TPSA) is 71.8 Å². The molecule has 0 radical (unpaired) electrons. The van der Waals surface area contributed by atoms with Crippen LogP contribution in [0.2, 0.25) is 5.02 Å². The standard InChI is InChI=1S/C14H16ClN3OS/c1-2-3-11-7-13(19)18-14(17-11)20-12-5-4-10(15)6-9(12)8-16/h4-7H,2-3,8,16H2,1H3,(H,17,18,19). The summed E-state index contributed by atoms with van der Waals surface area (Å²) in [6.45, 7) is 2.45. The lowest BCUT2D eigenvalue weighted by Crippen LogP contribution is -2.10. The Morgan fingerprint density at radius 2 is 2.20 bits per heavy atom. The van der Waals surface area contributed by atoms with Gasteiger partial charge in [-0.15, -0.1) is 0 Å². The van der Waals surface area contributed by atoms with Crippen LogP contribution in [0.25, 0.3) is 0 Å². The van der Waals surface area contributed by atoms with E-state index in [9.17, 15) is 4.79 Å². The summed E-state index contributed by atoms with van der Waals surface area (Å²) in [5.74, 6) is 0. The summed E-state index contributed by atoms with van der Waals surface area (Å²) in [7, 11) is 0. The number of H-pyrrole nitrogens is 1. The van der Waals surface area contributed by atoms with Crippen molar-refractivity contribution < 1.29 is 0 Å². The number of benzene rings is 1. The van der Waals surface area contributed by atoms with Gasteiger partial charge in [0.05, 0.1) is 0 Å². The third-order valence-electron chi connectivity index (χ3n) is 2.73. The van der Waals surface area contributed by atoms with Gasteiger partial charge in [0.25, 0.3) is 5.56 Å². The average molecular weight is 310 g/mol. The van der Waals surface area contributed by atoms with Crippen LogP contribution in [-0.4, -0.2) is 9.97 Å². The van der Waals surface area contributed by atoms with Crippen molar-refractivity contribution in [3.8, 4) is 0 Å². The lowest BCUT2D eigenvalue weighted by molar-refractivity contribution is 0.815. The van der Waals surface area contributed by atoms with Crippen molar-refractivity contribution in [2.45, 2.75) is 36.4 Å². The van der Waals surface area contributed by atoms with E-state index < -0.39 is 0 Å². The van der Waals surface area contributed by atoms with E-state index >= 15 is 0 Å². The van der Waals surface area contributed by atoms with Crippen molar-refractivity contribution in [3.05, 3.63) is 50.9 Å². The number of nitrogens with zero attached hydrogens (tertiary/aromatic N) is 1. The summed E-state index contributed by atoms with van der Waals surface area (Å²) in [6.07, 6.45) is 1.75. The molecule has 0 fully saturated rings. The quantitative estimate of drug-likeness (QED) is 0.833. The molecular weight excluding hydrogens is 294 g/mol. The Morgan fingerprint density at radius 3 is 2.90 bits per heavy atom. The lowest BCUT2D eigenvalue weighted by Gasteiger charge is -2.08. The average Bonchev–Trinajstić information content (AvgIpc) is 2.40. The second-order valence-electron chi connectivity index (χ2n) is 4.35. The normalized spacial score (nSPS) is 10.8. The number of nitrogens with one attached hydrogen (secondary N) is 1. The molecule has 1 heterocycles. The maximum atomic E-state index is 11.6. The first-order valence-corrected chi connectivity index (χ1v) is 7.58. The largest absolute Gasteiger partial charge is 0.326 e. The predicted octanol–water partition coefficient (Wildman–Crippen LogP) is 2.99. The number of aryl methyl sites for hydroxylation is 1. The van der Waals surface area contributed by atoms with Crippen molar-refractivity contribution in [2.75, 3.05) is 0 Å². The molecule has 0 aliphatic carbocycles. The summed E-state index contributed by atoms with van der Waals surface area (Å²) in [5, 5.41) is 1.23. The third kappa shape index (κ3) is 3.85. The number of halogens is 1. The second-order valence-corrected chi connectivity index (χ2v) is 5.82. The molecule has 4 nitrogen and oxygen atoms in total. The summed E-state index contributed by atoms with van der Waals surface area (Å²) < 4.78 is 0. The second kappa shape index (κ2) is 6.92. The van der Waals surface area contributed by atoms with E-state index in [4.69, 9.17) is 17.3 Å². The molecule has 0 aliphatic heterocycles. The van der Waals surface area contributed by atoms with Crippen LogP contribution in [0.4, 0.5) is 0 Å². The van der Waals surface area contributed by atoms with Gasteiger partial charge in [-0.25, -0.2) is 4.98 Å². The molecule has 0 aliphatic rings. The molecule has 6 heteroatoms. The molecule has 0 saturated heterocycles. The van der Waals surface area contributed by atoms with Gasteiger partial charge in [-0.3, -0.25) is 4.79 Å². The minimum absolute atomic E-state index is 0.130. The Morgan fingerprint density at radius 1 is 1.40 bits per heavy atom. The Hall–Kier alpha value is -1.30. The highest BCUT2D eigenvalue weighted by molar-refractivity contribution is 7.99. The number of nitrogens with two attached hydrogens (primary N) is 1. The van der Waals surface area contributed by atoms with E-state index in [2.05, 4.69) is 16.9 Å². The summed E-state index contributed by atoms with van der Waals surface area (Å²) >= 11 is 7.35. The smallest absolute Gasteiger partial charge is 0.251 e. The SMILES string of the molecule is CCCc1cc(=O)[nH]c(Sc2ccc(Cl)cc2CN)n1. The number of hydrogen-bond donors (Lipinski definition) is 2. The highest BCUT2D eigenvalue weighted by atomic mass is 35.5. The fraction of sp³-hybridized carbons (Fsp3) is 0.286. The van der Waals surface area contributed by atoms with Crippen molar-refractivity contribution >= 4 is 23.4 Å². The molecule has 1 aromatic heterocycles. The van der Waals surface area contributed by atoms with E-state index in [0.717, 1.165) is 29.0 Å². The Kier molecular flexibility index (Phi) is 5.23. The molecule has 2 rings (SSSR count). The number of rotatable bonds is 5. The van der Waals surface area contributed by atoms with Gasteiger partial charge in [0, 0.05) is 28.2 Å². The first-order valence-electron chi connectivity index (χ1n) is 6.39. The molecule has 2 aromatic rings. The zero-order chi connectivity index (χ0) is 14.5. The van der Waals surface area contributed by atoms with Gasteiger partial charge in [0.1, 0.15) is 0 Å². The predicted molar refractivity (Wildman–Crippen MR) is 82.3 cm³/mol. The monoisotopic (exact) mass is 309 g/mol. The third-order valence-corrected chi connectivity index (χ3v) is 3.97. The van der Waals surface area contributed by atoms with Gasteiger partial charge in [-0.05, 0) is 30.2 Å². The summed E-state index contributed by atoms with van der Waals surface area (Å²) in [6, 6.07) is 7.07. The summed E-state index contributed by atoms with van der Waals surface area (Å²) in [4.78, 5) is 19.8. The molecule has 1 aromatic carbocycles. The number of aromatic amines is 1. The van der Waals surface area contributed by atoms with Crippen molar-refractivity contribution in [1.82, 2.24) is 9.97 Å². The van der Waals surface area contributed by atoms with E-state index in [1.165, 1.54) is 11.8 Å². The van der Waals surface area contributed by atoms with Crippen LogP contribution in [0.3, 0.4) is 0 Å². The Labute approximate surface area is 126 Å². The van der Waals surface area contributed by atoms with Gasteiger partial charge in [-0.2, -0.15) is 0 Å². The zero-order valence-corrected chi connectivity index (χ0v) is 12.7. The Balaban J connectivity index is 2.32. The van der Waals surface area contributed by atoms with Gasteiger partial charge in [0.15, 0.2) is 5.16 Å². The first kappa shape index (κ1) is 15.1. The first-order chi connectivity index (χ1) is 9.62. The molecule has 0 spiro atoms. The molecule has 0 bridgehead atoms. The van der Waals surface area contributed by atoms with Crippen molar-refractivity contribution in [3.63, 3.8) is 0 Å². The maximum Gasteiger partial charge on any atom is 0.251 e. The molecular formula is C14H16ClN3OS. The Bertz CT molecular complexity index is 657. The van der Waals surface area contributed by atoms with Gasteiger partial charge in [-0.1, -0.05) is 36.7 Å². The fourth-order valence-corrected chi connectivity index (χ4v) is 2.95. The molecule has 20 heavy (non-hydrogen) atoms. The molecule has 0 unspecified atom stereocenters. The van der Waals surface area contributed by atoms with Gasteiger partial charge < -0.3 is 10.7 Å². The lowest BCUT2D eigenvalue weighted by atomic mass is 10.2. The van der Waals surface area contributed by atoms with Crippen LogP contribution in [0.1, 0.15) is 24.6 Å². The minimum Gasteiger partial charge on any atom is -0.326 e.